The van der Waals surface area contributed by atoms with Crippen LogP contribution in [-0.4, -0.2) is 45.2 Å². The Morgan fingerprint density at radius 2 is 2.10 bits per heavy atom. The molecule has 1 aromatic carbocycles. The highest BCUT2D eigenvalue weighted by Gasteiger charge is 2.20. The van der Waals surface area contributed by atoms with Gasteiger partial charge in [-0.3, -0.25) is 9.59 Å². The summed E-state index contributed by atoms with van der Waals surface area (Å²) in [6.07, 6.45) is 1.55. The molecule has 6 heteroatoms. The second-order valence-electron chi connectivity index (χ2n) is 4.56. The molecule has 2 N–H and O–H groups in total. The molecule has 108 valence electrons. The first-order valence-electron chi connectivity index (χ1n) is 6.66. The number of carbonyl (C=O) groups excluding carboxylic acids is 2. The third-order valence-electron chi connectivity index (χ3n) is 3.21. The Morgan fingerprint density at radius 3 is 2.70 bits per heavy atom. The van der Waals surface area contributed by atoms with E-state index in [-0.39, 0.29) is 12.5 Å². The van der Waals surface area contributed by atoms with Crippen LogP contribution in [0.25, 0.3) is 0 Å². The van der Waals surface area contributed by atoms with Crippen molar-refractivity contribution in [3.05, 3.63) is 24.3 Å². The molecular formula is C14H19N3O3. The number of nitrogens with two attached hydrogens (primary N) is 1. The van der Waals surface area contributed by atoms with Gasteiger partial charge in [-0.1, -0.05) is 0 Å². The third kappa shape index (κ3) is 3.34. The smallest absolute Gasteiger partial charge is 0.253 e. The van der Waals surface area contributed by atoms with E-state index in [9.17, 15) is 9.59 Å². The molecule has 6 nitrogen and oxygen atoms in total. The predicted octanol–water partition coefficient (Wildman–Crippen LogP) is 0.361. The number of hydrogen-bond donors (Lipinski definition) is 1. The van der Waals surface area contributed by atoms with Crippen LogP contribution in [0.2, 0.25) is 0 Å². The summed E-state index contributed by atoms with van der Waals surface area (Å²) >= 11 is 0. The van der Waals surface area contributed by atoms with E-state index in [0.717, 1.165) is 24.2 Å². The van der Waals surface area contributed by atoms with Gasteiger partial charge in [0.15, 0.2) is 0 Å². The zero-order valence-corrected chi connectivity index (χ0v) is 11.3. The Labute approximate surface area is 118 Å². The molecule has 0 aromatic heterocycles. The van der Waals surface area contributed by atoms with Gasteiger partial charge >= 0.3 is 0 Å². The van der Waals surface area contributed by atoms with Crippen LogP contribution in [-0.2, 0) is 14.3 Å². The third-order valence-corrected chi connectivity index (χ3v) is 3.21. The van der Waals surface area contributed by atoms with Crippen molar-refractivity contribution in [2.24, 2.45) is 5.73 Å². The zero-order chi connectivity index (χ0) is 14.4. The first-order valence-corrected chi connectivity index (χ1v) is 6.66. The van der Waals surface area contributed by atoms with E-state index < -0.39 is 0 Å². The number of ether oxygens (including phenoxy) is 1. The average Bonchev–Trinajstić information content (AvgIpc) is 2.49. The predicted molar refractivity (Wildman–Crippen MR) is 76.7 cm³/mol. The summed E-state index contributed by atoms with van der Waals surface area (Å²) in [5.41, 5.74) is 7.08. The van der Waals surface area contributed by atoms with Crippen molar-refractivity contribution in [2.75, 3.05) is 42.6 Å². The van der Waals surface area contributed by atoms with E-state index >= 15 is 0 Å². The molecule has 0 spiro atoms. The van der Waals surface area contributed by atoms with Crippen molar-refractivity contribution in [1.29, 1.82) is 0 Å². The Kier molecular flexibility index (Phi) is 5.09. The van der Waals surface area contributed by atoms with Gasteiger partial charge in [-0.2, -0.15) is 0 Å². The lowest BCUT2D eigenvalue weighted by Crippen LogP contribution is -2.41. The topological polar surface area (TPSA) is 75.9 Å². The minimum atomic E-state index is -0.0422. The maximum absolute atomic E-state index is 11.7. The maximum Gasteiger partial charge on any atom is 0.253 e. The number of amides is 2. The zero-order valence-electron chi connectivity index (χ0n) is 11.3. The summed E-state index contributed by atoms with van der Waals surface area (Å²) in [6.45, 7) is 2.37. The fraction of sp³-hybridized carbons (Fsp3) is 0.429. The van der Waals surface area contributed by atoms with Crippen molar-refractivity contribution >= 4 is 23.7 Å². The molecule has 1 saturated heterocycles. The number of rotatable bonds is 6. The number of hydrogen-bond acceptors (Lipinski definition) is 4. The van der Waals surface area contributed by atoms with Crippen molar-refractivity contribution < 1.29 is 14.3 Å². The molecule has 1 aromatic rings. The monoisotopic (exact) mass is 277 g/mol. The minimum Gasteiger partial charge on any atom is -0.370 e. The van der Waals surface area contributed by atoms with Crippen LogP contribution in [0.15, 0.2) is 24.3 Å². The first-order chi connectivity index (χ1) is 9.76. The minimum absolute atomic E-state index is 0.0422. The van der Waals surface area contributed by atoms with Crippen LogP contribution in [0.3, 0.4) is 0 Å². The van der Waals surface area contributed by atoms with Gasteiger partial charge in [0.25, 0.3) is 5.91 Å². The van der Waals surface area contributed by atoms with Crippen molar-refractivity contribution in [3.8, 4) is 0 Å². The van der Waals surface area contributed by atoms with E-state index in [4.69, 9.17) is 10.5 Å². The highest BCUT2D eigenvalue weighted by atomic mass is 16.5. The summed E-state index contributed by atoms with van der Waals surface area (Å²) in [7, 11) is 0. The molecule has 0 bridgehead atoms. The second-order valence-corrected chi connectivity index (χ2v) is 4.56. The fourth-order valence-electron chi connectivity index (χ4n) is 2.12. The number of morpholine rings is 1. The van der Waals surface area contributed by atoms with Crippen LogP contribution < -0.4 is 15.5 Å². The van der Waals surface area contributed by atoms with Crippen molar-refractivity contribution in [1.82, 2.24) is 0 Å². The molecule has 0 aliphatic carbocycles. The van der Waals surface area contributed by atoms with Crippen LogP contribution in [0, 0.1) is 0 Å². The maximum atomic E-state index is 11.7. The van der Waals surface area contributed by atoms with E-state index in [1.165, 1.54) is 0 Å². The number of anilines is 2. The van der Waals surface area contributed by atoms with Gasteiger partial charge in [0.1, 0.15) is 6.61 Å². The molecule has 0 saturated carbocycles. The Morgan fingerprint density at radius 1 is 1.35 bits per heavy atom. The fourth-order valence-corrected chi connectivity index (χ4v) is 2.12. The summed E-state index contributed by atoms with van der Waals surface area (Å²) in [4.78, 5) is 26.1. The molecule has 0 radical (unpaired) electrons. The summed E-state index contributed by atoms with van der Waals surface area (Å²) < 4.78 is 5.10. The normalized spacial score (nSPS) is 15.2. The molecule has 1 fully saturated rings. The Balaban J connectivity index is 2.08. The van der Waals surface area contributed by atoms with E-state index in [2.05, 4.69) is 0 Å². The summed E-state index contributed by atoms with van der Waals surface area (Å²) in [5, 5.41) is 0. The molecular weight excluding hydrogens is 258 g/mol. The number of benzene rings is 1. The van der Waals surface area contributed by atoms with Crippen LogP contribution >= 0.6 is 0 Å². The molecule has 2 amide bonds. The first kappa shape index (κ1) is 14.5. The van der Waals surface area contributed by atoms with Crippen LogP contribution in [0.5, 0.6) is 0 Å². The molecule has 1 aliphatic heterocycles. The molecule has 1 heterocycles. The molecule has 20 heavy (non-hydrogen) atoms. The van der Waals surface area contributed by atoms with Gasteiger partial charge in [-0.15, -0.1) is 0 Å². The highest BCUT2D eigenvalue weighted by Crippen LogP contribution is 2.21. The van der Waals surface area contributed by atoms with Crippen molar-refractivity contribution in [2.45, 2.75) is 6.42 Å². The molecule has 2 rings (SSSR count). The Hall–Kier alpha value is -1.92. The van der Waals surface area contributed by atoms with Gasteiger partial charge in [-0.25, -0.2) is 0 Å². The SMILES string of the molecule is NCCCN(C=O)c1ccc(N2CCOCC2=O)cc1. The van der Waals surface area contributed by atoms with Gasteiger partial charge in [0.05, 0.1) is 6.61 Å². The summed E-state index contributed by atoms with van der Waals surface area (Å²) in [5.74, 6) is -0.0422. The van der Waals surface area contributed by atoms with Gasteiger partial charge < -0.3 is 20.3 Å². The van der Waals surface area contributed by atoms with Gasteiger partial charge in [0, 0.05) is 24.5 Å². The van der Waals surface area contributed by atoms with Gasteiger partial charge in [-0.05, 0) is 37.2 Å². The number of nitrogens with zero attached hydrogens (tertiary/aromatic N) is 2. The van der Waals surface area contributed by atoms with E-state index in [0.29, 0.717) is 26.2 Å². The van der Waals surface area contributed by atoms with Gasteiger partial charge in [0.2, 0.25) is 6.41 Å². The van der Waals surface area contributed by atoms with Crippen LogP contribution in [0.1, 0.15) is 6.42 Å². The molecule has 1 aliphatic rings. The largest absolute Gasteiger partial charge is 0.370 e. The van der Waals surface area contributed by atoms with E-state index in [1.807, 2.05) is 24.3 Å². The average molecular weight is 277 g/mol. The number of carbonyl (C=O) groups is 2. The van der Waals surface area contributed by atoms with E-state index in [1.54, 1.807) is 9.80 Å². The lowest BCUT2D eigenvalue weighted by atomic mass is 10.2. The Bertz CT molecular complexity index is 461. The quantitative estimate of drug-likeness (QED) is 0.762. The summed E-state index contributed by atoms with van der Waals surface area (Å²) in [6, 6.07) is 7.36. The molecule has 0 unspecified atom stereocenters. The molecule has 0 atom stereocenters. The lowest BCUT2D eigenvalue weighted by molar-refractivity contribution is -0.125. The van der Waals surface area contributed by atoms with Crippen molar-refractivity contribution in [3.63, 3.8) is 0 Å². The van der Waals surface area contributed by atoms with Crippen LogP contribution in [0.4, 0.5) is 11.4 Å². The lowest BCUT2D eigenvalue weighted by Gasteiger charge is -2.27. The standard InChI is InChI=1S/C14H19N3O3/c15-6-1-7-16(11-18)12-2-4-13(5-3-12)17-8-9-20-10-14(17)19/h2-5,11H,1,6-10,15H2. The second kappa shape index (κ2) is 7.02. The highest BCUT2D eigenvalue weighted by molar-refractivity contribution is 5.95.